The summed E-state index contributed by atoms with van der Waals surface area (Å²) in [6, 6.07) is 14.8. The Morgan fingerprint density at radius 3 is 2.73 bits per heavy atom. The zero-order valence-corrected chi connectivity index (χ0v) is 17.7. The van der Waals surface area contributed by atoms with Crippen LogP contribution in [0.15, 0.2) is 64.8 Å². The highest BCUT2D eigenvalue weighted by Crippen LogP contribution is 2.36. The van der Waals surface area contributed by atoms with E-state index in [4.69, 9.17) is 4.74 Å². The van der Waals surface area contributed by atoms with Crippen LogP contribution < -0.4 is 10.1 Å². The number of carbonyl (C=O) groups excluding carboxylic acids is 1. The lowest BCUT2D eigenvalue weighted by Crippen LogP contribution is -2.13. The van der Waals surface area contributed by atoms with Crippen molar-refractivity contribution in [2.24, 2.45) is 0 Å². The first-order valence-electron chi connectivity index (χ1n) is 9.52. The first-order chi connectivity index (χ1) is 14.6. The van der Waals surface area contributed by atoms with E-state index in [1.807, 2.05) is 43.3 Å². The van der Waals surface area contributed by atoms with E-state index in [0.717, 1.165) is 27.6 Å². The van der Waals surface area contributed by atoms with Gasteiger partial charge in [0.15, 0.2) is 0 Å². The normalized spacial score (nSPS) is 10.9. The van der Waals surface area contributed by atoms with Gasteiger partial charge in [-0.25, -0.2) is 4.98 Å². The molecule has 0 radical (unpaired) electrons. The number of anilines is 1. The zero-order valence-electron chi connectivity index (χ0n) is 16.9. The van der Waals surface area contributed by atoms with E-state index >= 15 is 0 Å². The quantitative estimate of drug-likeness (QED) is 0.466. The van der Waals surface area contributed by atoms with Gasteiger partial charge >= 0.3 is 0 Å². The number of carbonyl (C=O) groups is 1. The van der Waals surface area contributed by atoms with Crippen molar-refractivity contribution in [1.29, 1.82) is 0 Å². The lowest BCUT2D eigenvalue weighted by atomic mass is 10.2. The average molecular weight is 420 g/mol. The number of ether oxygens (including phenoxy) is 1. The number of nitrogens with zero attached hydrogens (tertiary/aromatic N) is 4. The largest absolute Gasteiger partial charge is 0.496 e. The predicted octanol–water partition coefficient (Wildman–Crippen LogP) is 4.41. The van der Waals surface area contributed by atoms with Gasteiger partial charge in [-0.2, -0.15) is 14.6 Å². The number of aromatic nitrogens is 4. The van der Waals surface area contributed by atoms with E-state index in [-0.39, 0.29) is 5.91 Å². The maximum atomic E-state index is 12.9. The lowest BCUT2D eigenvalue weighted by Gasteiger charge is -2.15. The van der Waals surface area contributed by atoms with Gasteiger partial charge in [0.05, 0.1) is 18.4 Å². The van der Waals surface area contributed by atoms with Crippen LogP contribution in [0.1, 0.15) is 28.5 Å². The number of para-hydroxylation sites is 2. The molecule has 0 aliphatic rings. The van der Waals surface area contributed by atoms with Gasteiger partial charge in [-0.15, -0.1) is 0 Å². The molecule has 0 bridgehead atoms. The summed E-state index contributed by atoms with van der Waals surface area (Å²) in [4.78, 5) is 22.6. The summed E-state index contributed by atoms with van der Waals surface area (Å²) >= 11 is 1.54. The van der Waals surface area contributed by atoms with E-state index in [2.05, 4.69) is 27.3 Å². The minimum atomic E-state index is -0.229. The summed E-state index contributed by atoms with van der Waals surface area (Å²) < 4.78 is 7.07. The van der Waals surface area contributed by atoms with Crippen LogP contribution in [-0.4, -0.2) is 32.6 Å². The van der Waals surface area contributed by atoms with Crippen molar-refractivity contribution in [2.45, 2.75) is 30.2 Å². The molecule has 30 heavy (non-hydrogen) atoms. The molecule has 2 aromatic heterocycles. The van der Waals surface area contributed by atoms with Crippen LogP contribution in [-0.2, 0) is 6.42 Å². The second-order valence-electron chi connectivity index (χ2n) is 6.56. The Labute approximate surface area is 178 Å². The van der Waals surface area contributed by atoms with Gasteiger partial charge in [-0.3, -0.25) is 4.79 Å². The second kappa shape index (κ2) is 8.54. The van der Waals surface area contributed by atoms with Crippen LogP contribution in [0.3, 0.4) is 0 Å². The Kier molecular flexibility index (Phi) is 5.67. The van der Waals surface area contributed by atoms with Crippen molar-refractivity contribution in [1.82, 2.24) is 19.6 Å². The van der Waals surface area contributed by atoms with Crippen LogP contribution in [0, 0.1) is 6.92 Å². The molecule has 0 aliphatic carbocycles. The van der Waals surface area contributed by atoms with Gasteiger partial charge in [0, 0.05) is 16.2 Å². The van der Waals surface area contributed by atoms with Crippen molar-refractivity contribution >= 4 is 29.1 Å². The van der Waals surface area contributed by atoms with Gasteiger partial charge in [0.2, 0.25) is 0 Å². The number of methoxy groups -OCH3 is 1. The van der Waals surface area contributed by atoms with Gasteiger partial charge in [0.25, 0.3) is 11.7 Å². The number of nitrogens with one attached hydrogen (secondary N) is 1. The number of amides is 1. The topological polar surface area (TPSA) is 81.4 Å². The molecule has 1 N–H and O–H groups in total. The Morgan fingerprint density at radius 1 is 1.17 bits per heavy atom. The molecular formula is C22H21N5O2S. The molecule has 7 nitrogen and oxygen atoms in total. The molecule has 1 amide bonds. The van der Waals surface area contributed by atoms with Crippen molar-refractivity contribution in [2.75, 3.05) is 12.4 Å². The summed E-state index contributed by atoms with van der Waals surface area (Å²) in [6.07, 6.45) is 2.31. The van der Waals surface area contributed by atoms with Gasteiger partial charge in [-0.05, 0) is 37.6 Å². The molecule has 0 saturated carbocycles. The highest BCUT2D eigenvalue weighted by Gasteiger charge is 2.18. The first kappa shape index (κ1) is 19.9. The van der Waals surface area contributed by atoms with Crippen LogP contribution in [0.4, 0.5) is 5.69 Å². The highest BCUT2D eigenvalue weighted by molar-refractivity contribution is 7.99. The molecule has 0 saturated heterocycles. The van der Waals surface area contributed by atoms with Crippen LogP contribution in [0.2, 0.25) is 0 Å². The molecule has 0 aliphatic heterocycles. The zero-order chi connectivity index (χ0) is 21.1. The fraction of sp³-hybridized carbons (Fsp3) is 0.182. The molecule has 2 aromatic carbocycles. The van der Waals surface area contributed by atoms with E-state index in [9.17, 15) is 4.79 Å². The van der Waals surface area contributed by atoms with Crippen LogP contribution in [0.5, 0.6) is 5.75 Å². The number of aryl methyl sites for hydroxylation is 1. The lowest BCUT2D eigenvalue weighted by molar-refractivity contribution is 0.102. The SMILES string of the molecule is CCc1c(C)nc2ncnn2c1Sc1ccccc1NC(=O)c1ccccc1OC. The summed E-state index contributed by atoms with van der Waals surface area (Å²) in [5.41, 5.74) is 3.22. The number of fused-ring (bicyclic) bond motifs is 1. The Morgan fingerprint density at radius 2 is 1.93 bits per heavy atom. The maximum Gasteiger partial charge on any atom is 0.259 e. The third kappa shape index (κ3) is 3.73. The Hall–Kier alpha value is -3.39. The molecule has 4 rings (SSSR count). The monoisotopic (exact) mass is 419 g/mol. The van der Waals surface area contributed by atoms with Gasteiger partial charge in [-0.1, -0.05) is 43.0 Å². The summed E-state index contributed by atoms with van der Waals surface area (Å²) in [7, 11) is 1.55. The van der Waals surface area contributed by atoms with Crippen molar-refractivity contribution in [3.8, 4) is 5.75 Å². The minimum Gasteiger partial charge on any atom is -0.496 e. The van der Waals surface area contributed by atoms with Crippen molar-refractivity contribution in [3.63, 3.8) is 0 Å². The third-order valence-electron chi connectivity index (χ3n) is 4.73. The fourth-order valence-corrected chi connectivity index (χ4v) is 4.47. The third-order valence-corrected chi connectivity index (χ3v) is 5.92. The fourth-order valence-electron chi connectivity index (χ4n) is 3.25. The van der Waals surface area contributed by atoms with E-state index in [1.165, 1.54) is 18.1 Å². The molecule has 0 spiro atoms. The molecule has 0 atom stereocenters. The predicted molar refractivity (Wildman–Crippen MR) is 116 cm³/mol. The molecule has 8 heteroatoms. The molecule has 0 fully saturated rings. The average Bonchev–Trinajstić information content (AvgIpc) is 3.23. The molecule has 152 valence electrons. The van der Waals surface area contributed by atoms with Crippen molar-refractivity contribution < 1.29 is 9.53 Å². The Balaban J connectivity index is 1.71. The molecular weight excluding hydrogens is 398 g/mol. The number of rotatable bonds is 6. The molecule has 2 heterocycles. The maximum absolute atomic E-state index is 12.9. The highest BCUT2D eigenvalue weighted by atomic mass is 32.2. The summed E-state index contributed by atoms with van der Waals surface area (Å²) in [5.74, 6) is 0.859. The Bertz CT molecular complexity index is 1220. The molecule has 0 unspecified atom stereocenters. The van der Waals surface area contributed by atoms with E-state index in [1.54, 1.807) is 23.8 Å². The van der Waals surface area contributed by atoms with E-state index in [0.29, 0.717) is 22.8 Å². The van der Waals surface area contributed by atoms with Gasteiger partial charge in [0.1, 0.15) is 17.1 Å². The number of hydrogen-bond acceptors (Lipinski definition) is 6. The van der Waals surface area contributed by atoms with Crippen LogP contribution >= 0.6 is 11.8 Å². The smallest absolute Gasteiger partial charge is 0.259 e. The standard InChI is InChI=1S/C22H21N5O2S/c1-4-15-14(2)25-22-23-13-24-27(22)21(15)30-19-12-8-6-10-17(19)26-20(28)16-9-5-7-11-18(16)29-3/h5-13H,4H2,1-3H3,(H,26,28). The minimum absolute atomic E-state index is 0.229. The summed E-state index contributed by atoms with van der Waals surface area (Å²) in [6.45, 7) is 4.07. The number of benzene rings is 2. The summed E-state index contributed by atoms with van der Waals surface area (Å²) in [5, 5.41) is 8.30. The van der Waals surface area contributed by atoms with Gasteiger partial charge < -0.3 is 10.1 Å². The second-order valence-corrected chi connectivity index (χ2v) is 7.59. The molecule has 4 aromatic rings. The first-order valence-corrected chi connectivity index (χ1v) is 10.3. The van der Waals surface area contributed by atoms with Crippen LogP contribution in [0.25, 0.3) is 5.78 Å². The van der Waals surface area contributed by atoms with Crippen molar-refractivity contribution in [3.05, 3.63) is 71.7 Å². The van der Waals surface area contributed by atoms with E-state index < -0.39 is 0 Å². The number of hydrogen-bond donors (Lipinski definition) is 1.